The van der Waals surface area contributed by atoms with Gasteiger partial charge in [0.25, 0.3) is 0 Å². The summed E-state index contributed by atoms with van der Waals surface area (Å²) in [6, 6.07) is 9.87. The molecule has 0 N–H and O–H groups in total. The highest BCUT2D eigenvalue weighted by Crippen LogP contribution is 2.47. The molecule has 0 saturated carbocycles. The van der Waals surface area contributed by atoms with Gasteiger partial charge in [0.2, 0.25) is 5.52 Å². The molecule has 13 heteroatoms. The molecule has 0 aliphatic carbocycles. The van der Waals surface area contributed by atoms with Gasteiger partial charge in [0.1, 0.15) is 11.1 Å². The van der Waals surface area contributed by atoms with Crippen LogP contribution in [0.2, 0.25) is 0 Å². The van der Waals surface area contributed by atoms with Crippen LogP contribution >= 0.6 is 7.80 Å². The maximum Gasteiger partial charge on any atom is 0.417 e. The number of methoxy groups -OCH3 is 3. The summed E-state index contributed by atoms with van der Waals surface area (Å²) < 4.78 is 111. The Labute approximate surface area is 212 Å². The fourth-order valence-electron chi connectivity index (χ4n) is 3.80. The summed E-state index contributed by atoms with van der Waals surface area (Å²) >= 11 is 0. The third-order valence-corrected chi connectivity index (χ3v) is 7.03. The van der Waals surface area contributed by atoms with Gasteiger partial charge in [0.05, 0.1) is 38.0 Å². The molecule has 0 saturated heterocycles. The third-order valence-electron chi connectivity index (χ3n) is 5.44. The van der Waals surface area contributed by atoms with Gasteiger partial charge in [-0.25, -0.2) is 0 Å². The van der Waals surface area contributed by atoms with Gasteiger partial charge in [-0.1, -0.05) is 36.4 Å². The van der Waals surface area contributed by atoms with Crippen molar-refractivity contribution < 1.29 is 54.7 Å². The lowest BCUT2D eigenvalue weighted by atomic mass is 10.0. The van der Waals surface area contributed by atoms with Crippen molar-refractivity contribution >= 4 is 24.4 Å². The number of benzene rings is 3. The van der Waals surface area contributed by atoms with E-state index in [9.17, 15) is 40.5 Å². The molecule has 6 nitrogen and oxygen atoms in total. The Balaban J connectivity index is 2.30. The summed E-state index contributed by atoms with van der Waals surface area (Å²) in [6.07, 6.45) is -10.7. The standard InChI is InChI=1S/C25H19F6O6P/c1-35-17-12-14(19(32)13-8-5-4-6-9-13)20(36-2)21(37-3)22(17)38(34)23(33)18-15(24(26,27)28)10-7-11-16(18)25(29,30)31/h4-12,38H,1-3H3. The van der Waals surface area contributed by atoms with E-state index in [0.29, 0.717) is 6.07 Å². The summed E-state index contributed by atoms with van der Waals surface area (Å²) in [7, 11) is -1.03. The van der Waals surface area contributed by atoms with Crippen LogP contribution in [-0.4, -0.2) is 32.6 Å². The molecule has 1 unspecified atom stereocenters. The molecular weight excluding hydrogens is 541 g/mol. The zero-order valence-electron chi connectivity index (χ0n) is 19.9. The number of carbonyl (C=O) groups is 2. The smallest absolute Gasteiger partial charge is 0.417 e. The Hall–Kier alpha value is -3.79. The van der Waals surface area contributed by atoms with Crippen molar-refractivity contribution in [2.75, 3.05) is 21.3 Å². The van der Waals surface area contributed by atoms with Crippen molar-refractivity contribution in [3.8, 4) is 17.2 Å². The largest absolute Gasteiger partial charge is 0.496 e. The van der Waals surface area contributed by atoms with Gasteiger partial charge in [-0.2, -0.15) is 26.3 Å². The Morgan fingerprint density at radius 1 is 0.737 bits per heavy atom. The molecule has 3 aromatic carbocycles. The molecule has 38 heavy (non-hydrogen) atoms. The minimum atomic E-state index is -5.37. The number of rotatable bonds is 8. The number of carbonyl (C=O) groups excluding carboxylic acids is 2. The summed E-state index contributed by atoms with van der Waals surface area (Å²) in [5, 5.41) is -0.642. The van der Waals surface area contributed by atoms with Crippen molar-refractivity contribution in [1.82, 2.24) is 0 Å². The van der Waals surface area contributed by atoms with E-state index in [2.05, 4.69) is 0 Å². The topological polar surface area (TPSA) is 78.9 Å². The fraction of sp³-hybridized carbons (Fsp3) is 0.200. The second-order valence-corrected chi connectivity index (χ2v) is 9.26. The van der Waals surface area contributed by atoms with Crippen LogP contribution < -0.4 is 19.5 Å². The minimum absolute atomic E-state index is 0.176. The minimum Gasteiger partial charge on any atom is -0.496 e. The highest BCUT2D eigenvalue weighted by Gasteiger charge is 2.44. The van der Waals surface area contributed by atoms with Gasteiger partial charge < -0.3 is 18.8 Å². The predicted octanol–water partition coefficient (Wildman–Crippen LogP) is 6.01. The monoisotopic (exact) mass is 560 g/mol. The van der Waals surface area contributed by atoms with E-state index in [4.69, 9.17) is 14.2 Å². The first-order valence-electron chi connectivity index (χ1n) is 10.6. The number of ketones is 1. The molecule has 0 heterocycles. The lowest BCUT2D eigenvalue weighted by molar-refractivity contribution is -0.143. The van der Waals surface area contributed by atoms with Crippen molar-refractivity contribution in [3.63, 3.8) is 0 Å². The Morgan fingerprint density at radius 2 is 1.26 bits per heavy atom. The van der Waals surface area contributed by atoms with Gasteiger partial charge in [0, 0.05) is 11.1 Å². The number of hydrogen-bond donors (Lipinski definition) is 0. The van der Waals surface area contributed by atoms with E-state index in [1.807, 2.05) is 0 Å². The van der Waals surface area contributed by atoms with Crippen molar-refractivity contribution in [2.24, 2.45) is 0 Å². The van der Waals surface area contributed by atoms with E-state index in [-0.39, 0.29) is 29.0 Å². The zero-order valence-corrected chi connectivity index (χ0v) is 20.9. The van der Waals surface area contributed by atoms with Crippen molar-refractivity contribution in [3.05, 3.63) is 82.4 Å². The second-order valence-electron chi connectivity index (χ2n) is 7.64. The van der Waals surface area contributed by atoms with E-state index in [0.717, 1.165) is 27.4 Å². The maximum absolute atomic E-state index is 13.6. The van der Waals surface area contributed by atoms with Crippen LogP contribution in [0.4, 0.5) is 26.3 Å². The molecule has 0 aliphatic heterocycles. The summed E-state index contributed by atoms with van der Waals surface area (Å²) in [5.74, 6) is -1.90. The molecule has 1 atom stereocenters. The molecule has 0 aromatic heterocycles. The molecule has 0 amide bonds. The zero-order chi connectivity index (χ0) is 28.4. The molecule has 202 valence electrons. The van der Waals surface area contributed by atoms with Gasteiger partial charge in [0.15, 0.2) is 25.1 Å². The first-order valence-corrected chi connectivity index (χ1v) is 12.0. The van der Waals surface area contributed by atoms with E-state index >= 15 is 0 Å². The lowest BCUT2D eigenvalue weighted by Crippen LogP contribution is -2.21. The Bertz CT molecular complexity index is 1370. The van der Waals surface area contributed by atoms with Gasteiger partial charge in [-0.3, -0.25) is 9.59 Å². The van der Waals surface area contributed by atoms with Crippen LogP contribution in [0, 0.1) is 0 Å². The summed E-state index contributed by atoms with van der Waals surface area (Å²) in [4.78, 5) is 26.3. The molecule has 0 fully saturated rings. The van der Waals surface area contributed by atoms with Gasteiger partial charge in [-0.15, -0.1) is 0 Å². The SMILES string of the molecule is COc1cc(C(=O)c2ccccc2)c(OC)c(OC)c1[PH](=O)C(=O)c1c(C(F)(F)F)cccc1C(F)(F)F. The van der Waals surface area contributed by atoms with Crippen LogP contribution in [0.1, 0.15) is 37.4 Å². The van der Waals surface area contributed by atoms with E-state index in [1.165, 1.54) is 12.1 Å². The van der Waals surface area contributed by atoms with Crippen LogP contribution in [0.3, 0.4) is 0 Å². The summed E-state index contributed by atoms with van der Waals surface area (Å²) in [6.45, 7) is 0. The second kappa shape index (κ2) is 10.9. The number of alkyl halides is 6. The quantitative estimate of drug-likeness (QED) is 0.191. The molecule has 0 aliphatic rings. The van der Waals surface area contributed by atoms with Crippen LogP contribution in [0.25, 0.3) is 0 Å². The highest BCUT2D eigenvalue weighted by atomic mass is 31.1. The first-order chi connectivity index (χ1) is 17.8. The maximum atomic E-state index is 13.6. The third kappa shape index (κ3) is 5.40. The van der Waals surface area contributed by atoms with Crippen molar-refractivity contribution in [1.29, 1.82) is 0 Å². The average molecular weight is 560 g/mol. The number of halogens is 6. The van der Waals surface area contributed by atoms with Crippen LogP contribution in [0.15, 0.2) is 54.6 Å². The highest BCUT2D eigenvalue weighted by molar-refractivity contribution is 7.72. The van der Waals surface area contributed by atoms with Gasteiger partial charge in [-0.05, 0) is 18.2 Å². The van der Waals surface area contributed by atoms with Crippen LogP contribution in [0.5, 0.6) is 17.2 Å². The molecule has 0 bridgehead atoms. The fourth-order valence-corrected chi connectivity index (χ4v) is 5.34. The first kappa shape index (κ1) is 28.8. The molecular formula is C25H19F6O6P. The molecule has 3 rings (SSSR count). The number of ether oxygens (including phenoxy) is 3. The van der Waals surface area contributed by atoms with Gasteiger partial charge >= 0.3 is 12.4 Å². The number of hydrogen-bond acceptors (Lipinski definition) is 6. The van der Waals surface area contributed by atoms with E-state index in [1.54, 1.807) is 18.2 Å². The Morgan fingerprint density at radius 3 is 1.71 bits per heavy atom. The normalized spacial score (nSPS) is 12.6. The van der Waals surface area contributed by atoms with Crippen LogP contribution in [-0.2, 0) is 16.9 Å². The average Bonchev–Trinajstić information content (AvgIpc) is 2.89. The molecule has 3 aromatic rings. The molecule has 0 radical (unpaired) electrons. The predicted molar refractivity (Wildman–Crippen MR) is 125 cm³/mol. The Kier molecular flexibility index (Phi) is 8.26. The summed E-state index contributed by atoms with van der Waals surface area (Å²) in [5.41, 5.74) is -7.53. The molecule has 0 spiro atoms. The van der Waals surface area contributed by atoms with E-state index < -0.39 is 65.0 Å². The lowest BCUT2D eigenvalue weighted by Gasteiger charge is -2.21. The van der Waals surface area contributed by atoms with Crippen molar-refractivity contribution in [2.45, 2.75) is 12.4 Å².